The molecule has 0 heterocycles. The summed E-state index contributed by atoms with van der Waals surface area (Å²) < 4.78 is 15.3. The zero-order valence-electron chi connectivity index (χ0n) is 14.0. The van der Waals surface area contributed by atoms with Gasteiger partial charge in [-0.1, -0.05) is 11.6 Å². The summed E-state index contributed by atoms with van der Waals surface area (Å²) in [6.45, 7) is 1.61. The Labute approximate surface area is 150 Å². The van der Waals surface area contributed by atoms with Gasteiger partial charge < -0.3 is 19.5 Å². The summed E-state index contributed by atoms with van der Waals surface area (Å²) in [5.74, 6) is 0.295. The third kappa shape index (κ3) is 4.87. The van der Waals surface area contributed by atoms with Crippen LogP contribution in [0.1, 0.15) is 17.3 Å². The molecule has 0 saturated heterocycles. The summed E-state index contributed by atoms with van der Waals surface area (Å²) in [4.78, 5) is 23.9. The number of hydrogen-bond acceptors (Lipinski definition) is 5. The molecule has 1 N–H and O–H groups in total. The number of amides is 1. The van der Waals surface area contributed by atoms with E-state index in [0.717, 1.165) is 0 Å². The van der Waals surface area contributed by atoms with E-state index in [-0.39, 0.29) is 5.56 Å². The molecule has 0 radical (unpaired) electrons. The van der Waals surface area contributed by atoms with E-state index in [9.17, 15) is 9.59 Å². The second kappa shape index (κ2) is 8.39. The fraction of sp³-hybridized carbons (Fsp3) is 0.222. The van der Waals surface area contributed by atoms with Gasteiger partial charge in [-0.3, -0.25) is 4.79 Å². The molecule has 2 aromatic rings. The number of nitrogens with one attached hydrogen (secondary N) is 1. The number of halogens is 1. The van der Waals surface area contributed by atoms with Crippen molar-refractivity contribution in [3.63, 3.8) is 0 Å². The SMILES string of the molecule is COC(=O)c1ccc(Cl)c(NC(=O)[C@@H](C)Oc2ccc(OC)cc2)c1. The first kappa shape index (κ1) is 18.6. The predicted octanol–water partition coefficient (Wildman–Crippen LogP) is 3.54. The zero-order chi connectivity index (χ0) is 18.4. The lowest BCUT2D eigenvalue weighted by molar-refractivity contribution is -0.122. The van der Waals surface area contributed by atoms with Crippen LogP contribution >= 0.6 is 11.6 Å². The molecule has 0 aliphatic carbocycles. The molecule has 0 aliphatic heterocycles. The van der Waals surface area contributed by atoms with Gasteiger partial charge in [0.05, 0.1) is 30.5 Å². The monoisotopic (exact) mass is 363 g/mol. The largest absolute Gasteiger partial charge is 0.497 e. The summed E-state index contributed by atoms with van der Waals surface area (Å²) >= 11 is 6.06. The average molecular weight is 364 g/mol. The molecule has 0 fully saturated rings. The highest BCUT2D eigenvalue weighted by molar-refractivity contribution is 6.33. The summed E-state index contributed by atoms with van der Waals surface area (Å²) in [6.07, 6.45) is -0.772. The number of anilines is 1. The van der Waals surface area contributed by atoms with Crippen molar-refractivity contribution in [1.82, 2.24) is 0 Å². The van der Waals surface area contributed by atoms with Gasteiger partial charge in [-0.25, -0.2) is 4.79 Å². The van der Waals surface area contributed by atoms with Gasteiger partial charge in [-0.15, -0.1) is 0 Å². The van der Waals surface area contributed by atoms with Crippen molar-refractivity contribution in [2.75, 3.05) is 19.5 Å². The third-order valence-corrected chi connectivity index (χ3v) is 3.72. The van der Waals surface area contributed by atoms with Crippen LogP contribution in [0.2, 0.25) is 5.02 Å². The Bertz CT molecular complexity index is 761. The van der Waals surface area contributed by atoms with E-state index in [1.165, 1.54) is 25.3 Å². The Hall–Kier alpha value is -2.73. The van der Waals surface area contributed by atoms with E-state index in [4.69, 9.17) is 21.1 Å². The fourth-order valence-corrected chi connectivity index (χ4v) is 2.18. The van der Waals surface area contributed by atoms with Gasteiger partial charge in [-0.2, -0.15) is 0 Å². The molecule has 25 heavy (non-hydrogen) atoms. The molecule has 0 spiro atoms. The zero-order valence-corrected chi connectivity index (χ0v) is 14.8. The molecule has 0 aromatic heterocycles. The highest BCUT2D eigenvalue weighted by Gasteiger charge is 2.17. The van der Waals surface area contributed by atoms with Crippen molar-refractivity contribution < 1.29 is 23.8 Å². The Morgan fingerprint density at radius 2 is 1.68 bits per heavy atom. The van der Waals surface area contributed by atoms with Crippen molar-refractivity contribution >= 4 is 29.2 Å². The second-order valence-corrected chi connectivity index (χ2v) is 5.52. The standard InChI is InChI=1S/C18H18ClNO5/c1-11(25-14-7-5-13(23-2)6-8-14)17(21)20-16-10-12(18(22)24-3)4-9-15(16)19/h4-11H,1-3H3,(H,20,21)/t11-/m1/s1. The molecular formula is C18H18ClNO5. The van der Waals surface area contributed by atoms with Crippen LogP contribution in [0.5, 0.6) is 11.5 Å². The molecule has 2 rings (SSSR count). The molecular weight excluding hydrogens is 346 g/mol. The lowest BCUT2D eigenvalue weighted by Crippen LogP contribution is -2.30. The van der Waals surface area contributed by atoms with Crippen LogP contribution in [0.3, 0.4) is 0 Å². The van der Waals surface area contributed by atoms with E-state index in [0.29, 0.717) is 22.2 Å². The second-order valence-electron chi connectivity index (χ2n) is 5.11. The predicted molar refractivity (Wildman–Crippen MR) is 94.5 cm³/mol. The maximum atomic E-state index is 12.3. The normalized spacial score (nSPS) is 11.4. The van der Waals surface area contributed by atoms with Crippen molar-refractivity contribution in [2.45, 2.75) is 13.0 Å². The minimum Gasteiger partial charge on any atom is -0.497 e. The first-order valence-corrected chi connectivity index (χ1v) is 7.82. The summed E-state index contributed by atoms with van der Waals surface area (Å²) in [5.41, 5.74) is 0.589. The Morgan fingerprint density at radius 3 is 2.28 bits per heavy atom. The van der Waals surface area contributed by atoms with E-state index >= 15 is 0 Å². The van der Waals surface area contributed by atoms with Crippen LogP contribution in [0.15, 0.2) is 42.5 Å². The first-order chi connectivity index (χ1) is 11.9. The summed E-state index contributed by atoms with van der Waals surface area (Å²) in [5, 5.41) is 2.95. The number of carbonyl (C=O) groups is 2. The van der Waals surface area contributed by atoms with Gasteiger partial charge in [-0.05, 0) is 49.4 Å². The van der Waals surface area contributed by atoms with Crippen molar-refractivity contribution in [2.24, 2.45) is 0 Å². The third-order valence-electron chi connectivity index (χ3n) is 3.39. The van der Waals surface area contributed by atoms with Crippen LogP contribution in [0, 0.1) is 0 Å². The molecule has 7 heteroatoms. The van der Waals surface area contributed by atoms with E-state index in [1.807, 2.05) is 0 Å². The highest BCUT2D eigenvalue weighted by atomic mass is 35.5. The number of hydrogen-bond donors (Lipinski definition) is 1. The average Bonchev–Trinajstić information content (AvgIpc) is 2.63. The molecule has 0 unspecified atom stereocenters. The van der Waals surface area contributed by atoms with Gasteiger partial charge in [0, 0.05) is 0 Å². The molecule has 1 atom stereocenters. The van der Waals surface area contributed by atoms with Crippen molar-refractivity contribution in [3.05, 3.63) is 53.1 Å². The number of ether oxygens (including phenoxy) is 3. The van der Waals surface area contributed by atoms with Crippen LogP contribution in [-0.2, 0) is 9.53 Å². The quantitative estimate of drug-likeness (QED) is 0.794. The number of esters is 1. The molecule has 0 aliphatic rings. The number of methoxy groups -OCH3 is 2. The smallest absolute Gasteiger partial charge is 0.337 e. The molecule has 0 saturated carbocycles. The summed E-state index contributed by atoms with van der Waals surface area (Å²) in [6, 6.07) is 11.3. The van der Waals surface area contributed by atoms with Crippen LogP contribution in [-0.4, -0.2) is 32.2 Å². The Balaban J connectivity index is 2.06. The van der Waals surface area contributed by atoms with Gasteiger partial charge in [0.1, 0.15) is 11.5 Å². The van der Waals surface area contributed by atoms with E-state index in [2.05, 4.69) is 10.1 Å². The number of carbonyl (C=O) groups excluding carboxylic acids is 2. The van der Waals surface area contributed by atoms with Crippen molar-refractivity contribution in [1.29, 1.82) is 0 Å². The first-order valence-electron chi connectivity index (χ1n) is 7.44. The molecule has 6 nitrogen and oxygen atoms in total. The maximum absolute atomic E-state index is 12.3. The van der Waals surface area contributed by atoms with Gasteiger partial charge in [0.25, 0.3) is 5.91 Å². The minimum atomic E-state index is -0.772. The topological polar surface area (TPSA) is 73.9 Å². The number of benzene rings is 2. The molecule has 2 aromatic carbocycles. The van der Waals surface area contributed by atoms with Gasteiger partial charge >= 0.3 is 5.97 Å². The van der Waals surface area contributed by atoms with E-state index in [1.54, 1.807) is 38.3 Å². The number of rotatable bonds is 6. The van der Waals surface area contributed by atoms with Crippen LogP contribution < -0.4 is 14.8 Å². The Morgan fingerprint density at radius 1 is 1.04 bits per heavy atom. The molecule has 0 bridgehead atoms. The van der Waals surface area contributed by atoms with Gasteiger partial charge in [0.2, 0.25) is 0 Å². The fourth-order valence-electron chi connectivity index (χ4n) is 2.01. The lowest BCUT2D eigenvalue weighted by Gasteiger charge is -2.16. The van der Waals surface area contributed by atoms with E-state index < -0.39 is 18.0 Å². The van der Waals surface area contributed by atoms with Crippen molar-refractivity contribution in [3.8, 4) is 11.5 Å². The highest BCUT2D eigenvalue weighted by Crippen LogP contribution is 2.24. The molecule has 1 amide bonds. The maximum Gasteiger partial charge on any atom is 0.337 e. The van der Waals surface area contributed by atoms with Crippen LogP contribution in [0.25, 0.3) is 0 Å². The molecule has 132 valence electrons. The Kier molecular flexibility index (Phi) is 6.25. The lowest BCUT2D eigenvalue weighted by atomic mass is 10.2. The summed E-state index contributed by atoms with van der Waals surface area (Å²) in [7, 11) is 2.85. The van der Waals surface area contributed by atoms with Crippen LogP contribution in [0.4, 0.5) is 5.69 Å². The van der Waals surface area contributed by atoms with Gasteiger partial charge in [0.15, 0.2) is 6.10 Å². The minimum absolute atomic E-state index is 0.283.